The number of amides is 1. The van der Waals surface area contributed by atoms with Gasteiger partial charge in [-0.1, -0.05) is 13.3 Å². The molecule has 0 saturated heterocycles. The molecule has 1 aromatic carbocycles. The van der Waals surface area contributed by atoms with E-state index in [0.29, 0.717) is 5.01 Å². The van der Waals surface area contributed by atoms with Gasteiger partial charge in [0.15, 0.2) is 12.3 Å². The van der Waals surface area contributed by atoms with Gasteiger partial charge in [0.1, 0.15) is 10.8 Å². The molecule has 1 atom stereocenters. The van der Waals surface area contributed by atoms with Crippen LogP contribution in [0.3, 0.4) is 0 Å². The van der Waals surface area contributed by atoms with Crippen LogP contribution in [0.15, 0.2) is 29.6 Å². The van der Waals surface area contributed by atoms with Crippen LogP contribution in [0.4, 0.5) is 0 Å². The number of methoxy groups -OCH3 is 1. The topological polar surface area (TPSA) is 77.5 Å². The number of ether oxygens (including phenoxy) is 2. The van der Waals surface area contributed by atoms with Crippen molar-refractivity contribution in [3.05, 3.63) is 35.3 Å². The Morgan fingerprint density at radius 3 is 2.64 bits per heavy atom. The number of rotatable bonds is 8. The number of carbonyl (C=O) groups is 2. The van der Waals surface area contributed by atoms with Crippen molar-refractivity contribution < 1.29 is 19.1 Å². The Bertz CT molecular complexity index is 712. The van der Waals surface area contributed by atoms with Crippen LogP contribution in [0.1, 0.15) is 37.2 Å². The maximum Gasteiger partial charge on any atom is 0.358 e. The summed E-state index contributed by atoms with van der Waals surface area (Å²) < 4.78 is 10.1. The number of thiazole rings is 1. The number of hydrogen-bond donors (Lipinski definition) is 1. The summed E-state index contributed by atoms with van der Waals surface area (Å²) in [5, 5.41) is 5.11. The lowest BCUT2D eigenvalue weighted by Gasteiger charge is -2.12. The van der Waals surface area contributed by atoms with Crippen LogP contribution < -0.4 is 10.1 Å². The molecule has 134 valence electrons. The molecule has 0 radical (unpaired) electrons. The fourth-order valence-corrected chi connectivity index (χ4v) is 3.06. The molecule has 0 spiro atoms. The number of carbonyl (C=O) groups excluding carboxylic acids is 2. The van der Waals surface area contributed by atoms with Crippen molar-refractivity contribution >= 4 is 23.2 Å². The summed E-state index contributed by atoms with van der Waals surface area (Å²) in [7, 11) is 1.60. The summed E-state index contributed by atoms with van der Waals surface area (Å²) >= 11 is 1.34. The lowest BCUT2D eigenvalue weighted by atomic mass is 10.2. The molecule has 1 N–H and O–H groups in total. The Morgan fingerprint density at radius 1 is 1.28 bits per heavy atom. The summed E-state index contributed by atoms with van der Waals surface area (Å²) in [4.78, 5) is 28.0. The van der Waals surface area contributed by atoms with E-state index in [2.05, 4.69) is 10.3 Å². The van der Waals surface area contributed by atoms with Crippen LogP contribution in [0.2, 0.25) is 0 Å². The summed E-state index contributed by atoms with van der Waals surface area (Å²) in [5.41, 5.74) is 1.08. The second-order valence-corrected chi connectivity index (χ2v) is 6.46. The highest BCUT2D eigenvalue weighted by Crippen LogP contribution is 2.25. The van der Waals surface area contributed by atoms with E-state index in [-0.39, 0.29) is 24.2 Å². The number of aromatic nitrogens is 1. The van der Waals surface area contributed by atoms with Gasteiger partial charge >= 0.3 is 5.97 Å². The molecular weight excluding hydrogens is 340 g/mol. The zero-order valence-corrected chi connectivity index (χ0v) is 15.4. The monoisotopic (exact) mass is 362 g/mol. The fraction of sp³-hybridized carbons (Fsp3) is 0.389. The van der Waals surface area contributed by atoms with Gasteiger partial charge in [-0.25, -0.2) is 9.78 Å². The highest BCUT2D eigenvalue weighted by molar-refractivity contribution is 7.13. The lowest BCUT2D eigenvalue weighted by molar-refractivity contribution is -0.124. The fourth-order valence-electron chi connectivity index (χ4n) is 2.26. The van der Waals surface area contributed by atoms with Crippen molar-refractivity contribution in [1.82, 2.24) is 10.3 Å². The summed E-state index contributed by atoms with van der Waals surface area (Å²) in [5.74, 6) is -0.155. The van der Waals surface area contributed by atoms with E-state index in [1.165, 1.54) is 11.3 Å². The molecule has 2 rings (SSSR count). The average Bonchev–Trinajstić information content (AvgIpc) is 3.10. The van der Waals surface area contributed by atoms with Crippen LogP contribution in [0, 0.1) is 0 Å². The van der Waals surface area contributed by atoms with Gasteiger partial charge in [0.2, 0.25) is 0 Å². The largest absolute Gasteiger partial charge is 0.497 e. The van der Waals surface area contributed by atoms with Crippen molar-refractivity contribution in [2.75, 3.05) is 13.7 Å². The van der Waals surface area contributed by atoms with Crippen LogP contribution in [-0.4, -0.2) is 36.6 Å². The standard InChI is InChI=1S/C18H22N2O4S/c1-4-5-12(2)19-16(21)10-24-18(22)15-11-25-17(20-15)13-6-8-14(23-3)9-7-13/h6-9,11-12H,4-5,10H2,1-3H3,(H,19,21)/t12-/m1/s1. The van der Waals surface area contributed by atoms with E-state index >= 15 is 0 Å². The third-order valence-corrected chi connectivity index (χ3v) is 4.41. The SMILES string of the molecule is CCC[C@@H](C)NC(=O)COC(=O)c1csc(-c2ccc(OC)cc2)n1. The second-order valence-electron chi connectivity index (χ2n) is 5.60. The van der Waals surface area contributed by atoms with Gasteiger partial charge in [0.25, 0.3) is 5.91 Å². The Hall–Kier alpha value is -2.41. The van der Waals surface area contributed by atoms with Crippen LogP contribution >= 0.6 is 11.3 Å². The molecule has 25 heavy (non-hydrogen) atoms. The average molecular weight is 362 g/mol. The van der Waals surface area contributed by atoms with Gasteiger partial charge in [-0.3, -0.25) is 4.79 Å². The molecule has 7 heteroatoms. The molecule has 0 aliphatic heterocycles. The first-order valence-electron chi connectivity index (χ1n) is 8.10. The van der Waals surface area contributed by atoms with E-state index in [4.69, 9.17) is 9.47 Å². The number of hydrogen-bond acceptors (Lipinski definition) is 6. The normalized spacial score (nSPS) is 11.6. The summed E-state index contributed by atoms with van der Waals surface area (Å²) in [6.07, 6.45) is 1.87. The molecular formula is C18H22N2O4S. The van der Waals surface area contributed by atoms with E-state index in [0.717, 1.165) is 24.2 Å². The molecule has 0 aliphatic rings. The molecule has 0 saturated carbocycles. The molecule has 0 unspecified atom stereocenters. The van der Waals surface area contributed by atoms with Crippen LogP contribution in [0.25, 0.3) is 10.6 Å². The van der Waals surface area contributed by atoms with Crippen molar-refractivity contribution in [2.45, 2.75) is 32.7 Å². The van der Waals surface area contributed by atoms with Gasteiger partial charge in [-0.05, 0) is 37.6 Å². The molecule has 1 heterocycles. The summed E-state index contributed by atoms with van der Waals surface area (Å²) in [6.45, 7) is 3.67. The second kappa shape index (κ2) is 9.17. The van der Waals surface area contributed by atoms with Crippen molar-refractivity contribution in [2.24, 2.45) is 0 Å². The highest BCUT2D eigenvalue weighted by Gasteiger charge is 2.15. The maximum atomic E-state index is 12.0. The van der Waals surface area contributed by atoms with E-state index < -0.39 is 5.97 Å². The predicted molar refractivity (Wildman–Crippen MR) is 96.9 cm³/mol. The van der Waals surface area contributed by atoms with E-state index in [9.17, 15) is 9.59 Å². The summed E-state index contributed by atoms with van der Waals surface area (Å²) in [6, 6.07) is 7.47. The van der Waals surface area contributed by atoms with Gasteiger partial charge < -0.3 is 14.8 Å². The Labute approximate surface area is 151 Å². The minimum Gasteiger partial charge on any atom is -0.497 e. The zero-order chi connectivity index (χ0) is 18.2. The molecule has 0 aliphatic carbocycles. The van der Waals surface area contributed by atoms with Crippen LogP contribution in [-0.2, 0) is 9.53 Å². The van der Waals surface area contributed by atoms with E-state index in [1.807, 2.05) is 38.1 Å². The molecule has 1 amide bonds. The smallest absolute Gasteiger partial charge is 0.358 e. The quantitative estimate of drug-likeness (QED) is 0.729. The molecule has 0 bridgehead atoms. The lowest BCUT2D eigenvalue weighted by Crippen LogP contribution is -2.35. The first-order valence-corrected chi connectivity index (χ1v) is 8.98. The van der Waals surface area contributed by atoms with Crippen molar-refractivity contribution in [3.8, 4) is 16.3 Å². The number of esters is 1. The van der Waals surface area contributed by atoms with Gasteiger partial charge in [-0.15, -0.1) is 11.3 Å². The van der Waals surface area contributed by atoms with Crippen LogP contribution in [0.5, 0.6) is 5.75 Å². The number of benzene rings is 1. The Morgan fingerprint density at radius 2 is 2.00 bits per heavy atom. The third kappa shape index (κ3) is 5.56. The molecule has 6 nitrogen and oxygen atoms in total. The van der Waals surface area contributed by atoms with Gasteiger partial charge in [-0.2, -0.15) is 0 Å². The highest BCUT2D eigenvalue weighted by atomic mass is 32.1. The zero-order valence-electron chi connectivity index (χ0n) is 14.6. The van der Waals surface area contributed by atoms with E-state index in [1.54, 1.807) is 12.5 Å². The molecule has 2 aromatic rings. The molecule has 0 fully saturated rings. The molecule has 1 aromatic heterocycles. The Kier molecular flexibility index (Phi) is 6.94. The van der Waals surface area contributed by atoms with Gasteiger partial charge in [0, 0.05) is 17.0 Å². The maximum absolute atomic E-state index is 12.0. The van der Waals surface area contributed by atoms with Gasteiger partial charge in [0.05, 0.1) is 7.11 Å². The minimum atomic E-state index is -0.602. The number of nitrogens with one attached hydrogen (secondary N) is 1. The third-order valence-electron chi connectivity index (χ3n) is 3.51. The first kappa shape index (κ1) is 18.9. The predicted octanol–water partition coefficient (Wildman–Crippen LogP) is 3.28. The minimum absolute atomic E-state index is 0.0668. The van der Waals surface area contributed by atoms with Crippen molar-refractivity contribution in [1.29, 1.82) is 0 Å². The first-order chi connectivity index (χ1) is 12.0. The van der Waals surface area contributed by atoms with Crippen molar-refractivity contribution in [3.63, 3.8) is 0 Å². The number of nitrogens with zero attached hydrogens (tertiary/aromatic N) is 1. The Balaban J connectivity index is 1.90.